The Morgan fingerprint density at radius 2 is 1.93 bits per heavy atom. The minimum atomic E-state index is -0.463. The Morgan fingerprint density at radius 1 is 1.15 bits per heavy atom. The Kier molecular flexibility index (Phi) is 4.15. The number of anilines is 2. The van der Waals surface area contributed by atoms with E-state index in [9.17, 15) is 4.79 Å². The number of carbonyl (C=O) groups is 1. The molecule has 0 aromatic heterocycles. The molecule has 4 rings (SSSR count). The van der Waals surface area contributed by atoms with Crippen LogP contribution in [0, 0.1) is 13.8 Å². The quantitative estimate of drug-likeness (QED) is 0.863. The maximum absolute atomic E-state index is 12.4. The Balaban J connectivity index is 1.54. The number of benzene rings is 2. The molecule has 1 N–H and O–H groups in total. The summed E-state index contributed by atoms with van der Waals surface area (Å²) in [5.74, 6) is 0.583. The first kappa shape index (κ1) is 17.9. The smallest absolute Gasteiger partial charge is 0.410 e. The van der Waals surface area contributed by atoms with Crippen molar-refractivity contribution >= 4 is 17.5 Å². The van der Waals surface area contributed by atoms with Gasteiger partial charge in [-0.15, -0.1) is 0 Å². The molecule has 2 aromatic carbocycles. The van der Waals surface area contributed by atoms with E-state index in [0.29, 0.717) is 11.9 Å². The number of fused-ring (bicyclic) bond motifs is 3. The zero-order valence-electron chi connectivity index (χ0n) is 16.7. The largest absolute Gasteiger partial charge is 0.417 e. The minimum absolute atomic E-state index is 0.0583. The lowest BCUT2D eigenvalue weighted by Crippen LogP contribution is -2.45. The van der Waals surface area contributed by atoms with Gasteiger partial charge in [0.15, 0.2) is 0 Å². The van der Waals surface area contributed by atoms with Gasteiger partial charge in [0.05, 0.1) is 6.17 Å². The Morgan fingerprint density at radius 3 is 2.67 bits per heavy atom. The molecule has 1 fully saturated rings. The fourth-order valence-electron chi connectivity index (χ4n) is 4.69. The molecule has 5 nitrogen and oxygen atoms in total. The highest BCUT2D eigenvalue weighted by atomic mass is 16.6. The Bertz CT molecular complexity index is 910. The van der Waals surface area contributed by atoms with Crippen molar-refractivity contribution in [1.82, 2.24) is 4.90 Å². The fraction of sp³-hybridized carbons (Fsp3) is 0.409. The molecular formula is C22H27N3O2. The monoisotopic (exact) mass is 365 g/mol. The van der Waals surface area contributed by atoms with E-state index in [1.54, 1.807) is 0 Å². The third kappa shape index (κ3) is 2.86. The molecule has 0 saturated carbocycles. The molecule has 27 heavy (non-hydrogen) atoms. The second kappa shape index (κ2) is 6.27. The fourth-order valence-corrected chi connectivity index (χ4v) is 4.69. The van der Waals surface area contributed by atoms with Crippen LogP contribution < -0.4 is 15.0 Å². The van der Waals surface area contributed by atoms with E-state index >= 15 is 0 Å². The predicted octanol–water partition coefficient (Wildman–Crippen LogP) is 4.28. The van der Waals surface area contributed by atoms with Gasteiger partial charge in [0.1, 0.15) is 5.75 Å². The summed E-state index contributed by atoms with van der Waals surface area (Å²) < 4.78 is 5.59. The van der Waals surface area contributed by atoms with Crippen molar-refractivity contribution in [2.24, 2.45) is 0 Å². The molecule has 2 aliphatic heterocycles. The van der Waals surface area contributed by atoms with Crippen molar-refractivity contribution in [2.45, 2.75) is 38.8 Å². The van der Waals surface area contributed by atoms with E-state index in [-0.39, 0.29) is 5.41 Å². The zero-order valence-corrected chi connectivity index (χ0v) is 16.7. The molecule has 142 valence electrons. The van der Waals surface area contributed by atoms with E-state index < -0.39 is 6.09 Å². The summed E-state index contributed by atoms with van der Waals surface area (Å²) in [7, 11) is 4.32. The van der Waals surface area contributed by atoms with Crippen molar-refractivity contribution < 1.29 is 9.53 Å². The van der Waals surface area contributed by atoms with Gasteiger partial charge >= 0.3 is 6.09 Å². The number of likely N-dealkylation sites (N-methyl/N-ethyl adjacent to an activating group) is 2. The van der Waals surface area contributed by atoms with Crippen LogP contribution >= 0.6 is 0 Å². The van der Waals surface area contributed by atoms with Crippen LogP contribution in [0.3, 0.4) is 0 Å². The highest BCUT2D eigenvalue weighted by molar-refractivity contribution is 5.86. The Labute approximate surface area is 160 Å². The van der Waals surface area contributed by atoms with Gasteiger partial charge in [0, 0.05) is 30.4 Å². The summed E-state index contributed by atoms with van der Waals surface area (Å²) in [4.78, 5) is 17.1. The van der Waals surface area contributed by atoms with E-state index in [1.165, 1.54) is 16.8 Å². The van der Waals surface area contributed by atoms with Crippen molar-refractivity contribution in [3.63, 3.8) is 0 Å². The number of aryl methyl sites for hydroxylation is 2. The third-order valence-electron chi connectivity index (χ3n) is 6.27. The van der Waals surface area contributed by atoms with Gasteiger partial charge in [-0.3, -0.25) is 10.2 Å². The van der Waals surface area contributed by atoms with E-state index in [1.807, 2.05) is 44.2 Å². The summed E-state index contributed by atoms with van der Waals surface area (Å²) >= 11 is 0. The van der Waals surface area contributed by atoms with Gasteiger partial charge in [0.2, 0.25) is 0 Å². The molecular weight excluding hydrogens is 338 g/mol. The molecule has 0 aliphatic carbocycles. The highest BCUT2D eigenvalue weighted by Crippen LogP contribution is 2.51. The van der Waals surface area contributed by atoms with Crippen molar-refractivity contribution in [2.75, 3.05) is 30.9 Å². The van der Waals surface area contributed by atoms with Gasteiger partial charge in [-0.05, 0) is 74.3 Å². The average molecular weight is 365 g/mol. The normalized spacial score (nSPS) is 23.9. The number of carbonyl (C=O) groups excluding carboxylic acids is 1. The topological polar surface area (TPSA) is 44.8 Å². The maximum atomic E-state index is 12.4. The van der Waals surface area contributed by atoms with Crippen LogP contribution in [0.2, 0.25) is 0 Å². The van der Waals surface area contributed by atoms with Gasteiger partial charge in [0.25, 0.3) is 0 Å². The molecule has 2 atom stereocenters. The number of amides is 1. The minimum Gasteiger partial charge on any atom is -0.410 e. The molecule has 1 unspecified atom stereocenters. The lowest BCUT2D eigenvalue weighted by molar-refractivity contribution is 0.215. The Hall–Kier alpha value is -2.53. The molecule has 2 heterocycles. The molecule has 0 spiro atoms. The number of nitrogens with zero attached hydrogens (tertiary/aromatic N) is 2. The van der Waals surface area contributed by atoms with Crippen molar-refractivity contribution in [3.05, 3.63) is 53.1 Å². The highest BCUT2D eigenvalue weighted by Gasteiger charge is 2.52. The number of hydrogen-bond donors (Lipinski definition) is 1. The van der Waals surface area contributed by atoms with Gasteiger partial charge in [-0.1, -0.05) is 13.0 Å². The van der Waals surface area contributed by atoms with Gasteiger partial charge < -0.3 is 9.64 Å². The first-order chi connectivity index (χ1) is 12.8. The number of ether oxygens (including phenoxy) is 1. The van der Waals surface area contributed by atoms with Crippen LogP contribution in [-0.4, -0.2) is 37.8 Å². The van der Waals surface area contributed by atoms with Crippen LogP contribution in [-0.2, 0) is 5.41 Å². The average Bonchev–Trinajstić information content (AvgIpc) is 3.04. The summed E-state index contributed by atoms with van der Waals surface area (Å²) in [5, 5.41) is 2.82. The first-order valence-corrected chi connectivity index (χ1v) is 9.43. The van der Waals surface area contributed by atoms with Crippen LogP contribution in [0.4, 0.5) is 16.2 Å². The lowest BCUT2D eigenvalue weighted by atomic mass is 9.81. The van der Waals surface area contributed by atoms with Crippen LogP contribution in [0.1, 0.15) is 30.0 Å². The molecule has 1 saturated heterocycles. The molecule has 2 aromatic rings. The van der Waals surface area contributed by atoms with Crippen LogP contribution in [0.25, 0.3) is 0 Å². The predicted molar refractivity (Wildman–Crippen MR) is 109 cm³/mol. The molecule has 2 aliphatic rings. The van der Waals surface area contributed by atoms with Gasteiger partial charge in [-0.25, -0.2) is 4.79 Å². The second-order valence-electron chi connectivity index (χ2n) is 8.13. The van der Waals surface area contributed by atoms with Gasteiger partial charge in [-0.2, -0.15) is 0 Å². The summed E-state index contributed by atoms with van der Waals surface area (Å²) in [6, 6.07) is 11.8. The number of nitrogens with one attached hydrogen (secondary N) is 1. The van der Waals surface area contributed by atoms with E-state index in [0.717, 1.165) is 24.2 Å². The third-order valence-corrected chi connectivity index (χ3v) is 6.27. The molecule has 0 bridgehead atoms. The summed E-state index contributed by atoms with van der Waals surface area (Å²) in [6.45, 7) is 7.46. The first-order valence-electron chi connectivity index (χ1n) is 9.43. The lowest BCUT2D eigenvalue weighted by Gasteiger charge is -2.32. The molecule has 5 heteroatoms. The number of rotatable bonds is 2. The molecule has 1 amide bonds. The maximum Gasteiger partial charge on any atom is 0.417 e. The second-order valence-corrected chi connectivity index (χ2v) is 8.13. The SMILES string of the molecule is Cc1ccc(NC(=O)Oc2ccc3c(c2)[C@]2(C)CCN(C)C2N3C)cc1C. The van der Waals surface area contributed by atoms with Crippen LogP contribution in [0.15, 0.2) is 36.4 Å². The van der Waals surface area contributed by atoms with Crippen molar-refractivity contribution in [3.8, 4) is 5.75 Å². The standard InChI is InChI=1S/C22H27N3O2/c1-14-6-7-16(12-15(14)2)23-21(26)27-17-8-9-19-18(13-17)22(3)10-11-24(4)20(22)25(19)5/h6-9,12-13,20H,10-11H2,1-5H3,(H,23,26)/t20?,22-/m0/s1. The zero-order chi connectivity index (χ0) is 19.3. The summed E-state index contributed by atoms with van der Waals surface area (Å²) in [6.07, 6.45) is 0.992. The van der Waals surface area contributed by atoms with Crippen molar-refractivity contribution in [1.29, 1.82) is 0 Å². The number of hydrogen-bond acceptors (Lipinski definition) is 4. The number of likely N-dealkylation sites (tertiary alicyclic amines) is 1. The van der Waals surface area contributed by atoms with Crippen LogP contribution in [0.5, 0.6) is 5.75 Å². The van der Waals surface area contributed by atoms with E-state index in [2.05, 4.69) is 42.2 Å². The molecule has 0 radical (unpaired) electrons. The summed E-state index contributed by atoms with van der Waals surface area (Å²) in [5.41, 5.74) is 5.61. The van der Waals surface area contributed by atoms with E-state index in [4.69, 9.17) is 4.74 Å².